The second-order valence-corrected chi connectivity index (χ2v) is 10.8. The average molecular weight is 487 g/mol. The molecule has 0 saturated carbocycles. The molecule has 5 heteroatoms. The molecule has 5 rings (SSSR count). The number of aromatic nitrogens is 1. The van der Waals surface area contributed by atoms with Gasteiger partial charge in [0.1, 0.15) is 11.5 Å². The second-order valence-electron chi connectivity index (χ2n) is 9.58. The molecule has 1 aliphatic heterocycles. The summed E-state index contributed by atoms with van der Waals surface area (Å²) in [5, 5.41) is 0. The fraction of sp³-hybridized carbons (Fsp3) is 0.367. The van der Waals surface area contributed by atoms with Crippen LogP contribution in [-0.2, 0) is 19.4 Å². The molecule has 1 atom stereocenters. The van der Waals surface area contributed by atoms with Gasteiger partial charge < -0.3 is 9.15 Å². The van der Waals surface area contributed by atoms with Crippen LogP contribution in [0.5, 0.6) is 5.75 Å². The zero-order valence-electron chi connectivity index (χ0n) is 21.3. The topological polar surface area (TPSA) is 38.5 Å². The molecule has 2 aromatic carbocycles. The van der Waals surface area contributed by atoms with E-state index in [2.05, 4.69) is 49.1 Å². The number of hydrogen-bond acceptors (Lipinski definition) is 5. The molecule has 4 nitrogen and oxygen atoms in total. The molecule has 0 fully saturated rings. The molecule has 1 unspecified atom stereocenters. The summed E-state index contributed by atoms with van der Waals surface area (Å²) in [4.78, 5) is 10.5. The van der Waals surface area contributed by atoms with Crippen molar-refractivity contribution in [2.24, 2.45) is 0 Å². The van der Waals surface area contributed by atoms with Gasteiger partial charge in [0.15, 0.2) is 0 Å². The molecule has 0 aliphatic carbocycles. The smallest absolute Gasteiger partial charge is 0.226 e. The van der Waals surface area contributed by atoms with Gasteiger partial charge in [-0.25, -0.2) is 4.98 Å². The Hall–Kier alpha value is -2.89. The first-order valence-corrected chi connectivity index (χ1v) is 13.4. The van der Waals surface area contributed by atoms with E-state index in [-0.39, 0.29) is 12.1 Å². The average Bonchev–Trinajstić information content (AvgIpc) is 3.37. The number of nitrogens with zero attached hydrogens (tertiary/aromatic N) is 2. The Balaban J connectivity index is 1.44. The Kier molecular flexibility index (Phi) is 6.81. The Labute approximate surface area is 212 Å². The van der Waals surface area contributed by atoms with E-state index < -0.39 is 0 Å². The van der Waals surface area contributed by atoms with Crippen molar-refractivity contribution in [1.29, 1.82) is 0 Å². The van der Waals surface area contributed by atoms with Crippen LogP contribution in [0, 0.1) is 13.8 Å². The van der Waals surface area contributed by atoms with Crippen molar-refractivity contribution < 1.29 is 9.15 Å². The van der Waals surface area contributed by atoms with Crippen LogP contribution in [0.25, 0.3) is 11.5 Å². The van der Waals surface area contributed by atoms with Crippen molar-refractivity contribution in [3.05, 3.63) is 92.5 Å². The number of aryl methyl sites for hydroxylation is 2. The predicted octanol–water partition coefficient (Wildman–Crippen LogP) is 7.52. The van der Waals surface area contributed by atoms with Gasteiger partial charge in [-0.05, 0) is 81.5 Å². The van der Waals surface area contributed by atoms with Gasteiger partial charge in [0, 0.05) is 28.4 Å². The minimum absolute atomic E-state index is 0.152. The molecule has 4 aromatic rings. The minimum Gasteiger partial charge on any atom is -0.491 e. The molecular weight excluding hydrogens is 452 g/mol. The van der Waals surface area contributed by atoms with Gasteiger partial charge in [0.25, 0.3) is 0 Å². The summed E-state index contributed by atoms with van der Waals surface area (Å²) in [7, 11) is 0. The van der Waals surface area contributed by atoms with Crippen molar-refractivity contribution in [1.82, 2.24) is 9.88 Å². The van der Waals surface area contributed by atoms with E-state index in [4.69, 9.17) is 14.1 Å². The zero-order chi connectivity index (χ0) is 24.5. The highest BCUT2D eigenvalue weighted by Crippen LogP contribution is 2.43. The highest BCUT2D eigenvalue weighted by atomic mass is 32.1. The minimum atomic E-state index is 0.152. The third-order valence-corrected chi connectivity index (χ3v) is 8.04. The zero-order valence-corrected chi connectivity index (χ0v) is 22.1. The quantitative estimate of drug-likeness (QED) is 0.271. The summed E-state index contributed by atoms with van der Waals surface area (Å²) in [6.45, 7) is 12.4. The second kappa shape index (κ2) is 10.00. The lowest BCUT2D eigenvalue weighted by Gasteiger charge is -2.36. The van der Waals surface area contributed by atoms with Crippen molar-refractivity contribution in [2.45, 2.75) is 66.2 Å². The lowest BCUT2D eigenvalue weighted by atomic mass is 9.91. The van der Waals surface area contributed by atoms with Gasteiger partial charge in [-0.3, -0.25) is 4.90 Å². The Morgan fingerprint density at radius 3 is 2.51 bits per heavy atom. The van der Waals surface area contributed by atoms with Gasteiger partial charge >= 0.3 is 0 Å². The van der Waals surface area contributed by atoms with Gasteiger partial charge in [-0.1, -0.05) is 37.3 Å². The van der Waals surface area contributed by atoms with Gasteiger partial charge in [0.2, 0.25) is 5.89 Å². The molecule has 0 amide bonds. The van der Waals surface area contributed by atoms with Crippen LogP contribution in [0.3, 0.4) is 0 Å². The number of thiophene rings is 1. The highest BCUT2D eigenvalue weighted by molar-refractivity contribution is 7.12. The van der Waals surface area contributed by atoms with Crippen molar-refractivity contribution in [3.8, 4) is 17.2 Å². The van der Waals surface area contributed by atoms with Crippen LogP contribution < -0.4 is 4.74 Å². The summed E-state index contributed by atoms with van der Waals surface area (Å²) in [6, 6.07) is 19.2. The largest absolute Gasteiger partial charge is 0.491 e. The molecule has 1 aliphatic rings. The van der Waals surface area contributed by atoms with Gasteiger partial charge in [0.05, 0.1) is 17.8 Å². The maximum Gasteiger partial charge on any atom is 0.226 e. The summed E-state index contributed by atoms with van der Waals surface area (Å²) in [6.07, 6.45) is 2.35. The van der Waals surface area contributed by atoms with Crippen molar-refractivity contribution in [3.63, 3.8) is 0 Å². The molecule has 0 saturated heterocycles. The molecule has 0 radical (unpaired) electrons. The fourth-order valence-corrected chi connectivity index (χ4v) is 6.63. The van der Waals surface area contributed by atoms with E-state index in [0.29, 0.717) is 5.89 Å². The standard InChI is InChI=1S/C30H34N2O2S/c1-6-25-21(5)35-29-26(25)16-17-32(28(29)22-10-8-7-9-11-22)18-27-20(4)34-30(31-27)23-12-14-24(15-13-23)33-19(2)3/h7-15,19,28H,6,16-18H2,1-5H3. The summed E-state index contributed by atoms with van der Waals surface area (Å²) in [5.41, 5.74) is 6.45. The first kappa shape index (κ1) is 23.8. The first-order valence-electron chi connectivity index (χ1n) is 12.6. The normalized spacial score (nSPS) is 16.0. The van der Waals surface area contributed by atoms with Crippen LogP contribution in [0.15, 0.2) is 59.0 Å². The van der Waals surface area contributed by atoms with Gasteiger partial charge in [-0.2, -0.15) is 0 Å². The SMILES string of the molecule is CCc1c(C)sc2c1CCN(Cc1nc(-c3ccc(OC(C)C)cc3)oc1C)C2c1ccccc1. The Morgan fingerprint density at radius 1 is 1.09 bits per heavy atom. The van der Waals surface area contributed by atoms with E-state index in [1.165, 1.54) is 15.3 Å². The van der Waals surface area contributed by atoms with E-state index in [1.54, 1.807) is 11.1 Å². The lowest BCUT2D eigenvalue weighted by molar-refractivity contribution is 0.204. The number of fused-ring (bicyclic) bond motifs is 1. The van der Waals surface area contributed by atoms with Crippen LogP contribution in [0.2, 0.25) is 0 Å². The monoisotopic (exact) mass is 486 g/mol. The predicted molar refractivity (Wildman–Crippen MR) is 143 cm³/mol. The van der Waals surface area contributed by atoms with E-state index >= 15 is 0 Å². The number of ether oxygens (including phenoxy) is 1. The maximum absolute atomic E-state index is 6.14. The Morgan fingerprint density at radius 2 is 1.83 bits per heavy atom. The van der Waals surface area contributed by atoms with E-state index in [9.17, 15) is 0 Å². The molecule has 2 aromatic heterocycles. The first-order chi connectivity index (χ1) is 16.9. The van der Waals surface area contributed by atoms with Crippen LogP contribution >= 0.6 is 11.3 Å². The third kappa shape index (κ3) is 4.80. The Bertz CT molecular complexity index is 1290. The molecule has 0 N–H and O–H groups in total. The van der Waals surface area contributed by atoms with Crippen LogP contribution in [0.4, 0.5) is 0 Å². The maximum atomic E-state index is 6.14. The van der Waals surface area contributed by atoms with E-state index in [0.717, 1.165) is 48.7 Å². The third-order valence-electron chi connectivity index (χ3n) is 6.80. The highest BCUT2D eigenvalue weighted by Gasteiger charge is 2.33. The fourth-order valence-electron chi connectivity index (χ4n) is 5.16. The number of oxazole rings is 1. The number of rotatable bonds is 7. The molecule has 35 heavy (non-hydrogen) atoms. The molecule has 3 heterocycles. The van der Waals surface area contributed by atoms with Crippen LogP contribution in [0.1, 0.15) is 64.7 Å². The molecule has 0 spiro atoms. The molecule has 182 valence electrons. The molecular formula is C30H34N2O2S. The number of benzene rings is 2. The molecule has 0 bridgehead atoms. The van der Waals surface area contributed by atoms with Gasteiger partial charge in [-0.15, -0.1) is 11.3 Å². The summed E-state index contributed by atoms with van der Waals surface area (Å²) < 4.78 is 11.9. The summed E-state index contributed by atoms with van der Waals surface area (Å²) >= 11 is 1.97. The van der Waals surface area contributed by atoms with E-state index in [1.807, 2.05) is 56.4 Å². The van der Waals surface area contributed by atoms with Crippen LogP contribution in [-0.4, -0.2) is 22.5 Å². The van der Waals surface area contributed by atoms with Crippen molar-refractivity contribution in [2.75, 3.05) is 6.54 Å². The summed E-state index contributed by atoms with van der Waals surface area (Å²) in [5.74, 6) is 2.42. The van der Waals surface area contributed by atoms with Crippen molar-refractivity contribution >= 4 is 11.3 Å². The lowest BCUT2D eigenvalue weighted by Crippen LogP contribution is -2.35. The number of hydrogen-bond donors (Lipinski definition) is 0.